The van der Waals surface area contributed by atoms with E-state index in [9.17, 15) is 22.8 Å². The monoisotopic (exact) mass is 488 g/mol. The largest absolute Gasteiger partial charge is 0.497 e. The topological polar surface area (TPSA) is 96.7 Å². The fourth-order valence-electron chi connectivity index (χ4n) is 4.07. The Morgan fingerprint density at radius 1 is 1.17 bits per heavy atom. The first-order valence-corrected chi connectivity index (χ1v) is 10.8. The number of fused-ring (bicyclic) bond motifs is 1. The van der Waals surface area contributed by atoms with Gasteiger partial charge in [0.1, 0.15) is 17.1 Å². The third-order valence-electron chi connectivity index (χ3n) is 5.82. The molecule has 8 nitrogen and oxygen atoms in total. The molecule has 0 spiro atoms. The van der Waals surface area contributed by atoms with Gasteiger partial charge in [-0.15, -0.1) is 0 Å². The molecule has 1 atom stereocenters. The number of amides is 1. The number of benzene rings is 2. The van der Waals surface area contributed by atoms with E-state index in [4.69, 9.17) is 9.84 Å². The Morgan fingerprint density at radius 3 is 2.51 bits per heavy atom. The number of rotatable bonds is 7. The second kappa shape index (κ2) is 9.32. The number of anilines is 1. The number of hydrogen-bond donors (Lipinski definition) is 2. The minimum atomic E-state index is -4.82. The van der Waals surface area contributed by atoms with Crippen LogP contribution in [0.2, 0.25) is 0 Å². The van der Waals surface area contributed by atoms with E-state index in [-0.39, 0.29) is 24.5 Å². The first-order chi connectivity index (χ1) is 16.6. The second-order valence-corrected chi connectivity index (χ2v) is 8.16. The van der Waals surface area contributed by atoms with Gasteiger partial charge in [0.05, 0.1) is 25.3 Å². The first kappa shape index (κ1) is 24.1. The summed E-state index contributed by atoms with van der Waals surface area (Å²) in [5.41, 5.74) is -0.352. The van der Waals surface area contributed by atoms with Gasteiger partial charge in [-0.25, -0.2) is 9.48 Å². The van der Waals surface area contributed by atoms with E-state index >= 15 is 0 Å². The number of carbonyl (C=O) groups excluding carboxylic acids is 1. The van der Waals surface area contributed by atoms with Crippen LogP contribution in [0.5, 0.6) is 5.75 Å². The van der Waals surface area contributed by atoms with Gasteiger partial charge < -0.3 is 20.1 Å². The van der Waals surface area contributed by atoms with Gasteiger partial charge in [-0.1, -0.05) is 24.3 Å². The van der Waals surface area contributed by atoms with Crippen LogP contribution in [-0.4, -0.2) is 40.4 Å². The summed E-state index contributed by atoms with van der Waals surface area (Å²) in [5, 5.41) is 15.4. The van der Waals surface area contributed by atoms with E-state index in [1.165, 1.54) is 36.1 Å². The van der Waals surface area contributed by atoms with E-state index in [2.05, 4.69) is 10.4 Å². The number of hydrogen-bond acceptors (Lipinski definition) is 5. The Balaban J connectivity index is 1.64. The summed E-state index contributed by atoms with van der Waals surface area (Å²) in [6, 6.07) is 12.3. The zero-order valence-electron chi connectivity index (χ0n) is 19.0. The highest BCUT2D eigenvalue weighted by atomic mass is 19.4. The number of methoxy groups -OCH3 is 1. The lowest BCUT2D eigenvalue weighted by Gasteiger charge is -2.21. The molecule has 0 fully saturated rings. The predicted octanol–water partition coefficient (Wildman–Crippen LogP) is 4.12. The highest BCUT2D eigenvalue weighted by Crippen LogP contribution is 2.39. The molecule has 0 bridgehead atoms. The van der Waals surface area contributed by atoms with Crippen molar-refractivity contribution in [3.63, 3.8) is 0 Å². The summed E-state index contributed by atoms with van der Waals surface area (Å²) in [4.78, 5) is 25.9. The predicted molar refractivity (Wildman–Crippen MR) is 121 cm³/mol. The van der Waals surface area contributed by atoms with Crippen LogP contribution in [0.3, 0.4) is 0 Å². The molecule has 0 unspecified atom stereocenters. The molecule has 1 aliphatic rings. The third kappa shape index (κ3) is 4.93. The van der Waals surface area contributed by atoms with E-state index in [0.717, 1.165) is 5.56 Å². The second-order valence-electron chi connectivity index (χ2n) is 8.16. The molecule has 0 aliphatic carbocycles. The smallest absolute Gasteiger partial charge is 0.436 e. The number of aromatic carboxylic acids is 1. The standard InChI is InChI=1S/C24H23F3N4O4/c1-14(16-6-8-17(9-7-16)23(33)34)28-21(32)19-20(24(25,26)27)29-31-11-10-30(22(19)31)13-15-4-3-5-18(12-15)35-2/h3-9,12,14H,10-11,13H2,1-2H3,(H,28,32)(H,33,34)/t14-/m0/s1. The summed E-state index contributed by atoms with van der Waals surface area (Å²) >= 11 is 0. The summed E-state index contributed by atoms with van der Waals surface area (Å²) in [6.07, 6.45) is -4.82. The van der Waals surface area contributed by atoms with Gasteiger partial charge in [0.15, 0.2) is 5.69 Å². The van der Waals surface area contributed by atoms with Gasteiger partial charge in [-0.3, -0.25) is 4.79 Å². The Kier molecular flexibility index (Phi) is 6.42. The van der Waals surface area contributed by atoms with E-state index in [1.807, 2.05) is 6.07 Å². The normalized spacial score (nSPS) is 13.9. The molecule has 2 N–H and O–H groups in total. The molecule has 2 heterocycles. The maximum absolute atomic E-state index is 13.8. The van der Waals surface area contributed by atoms with Gasteiger partial charge in [0, 0.05) is 13.1 Å². The molecular weight excluding hydrogens is 465 g/mol. The molecule has 0 radical (unpaired) electrons. The summed E-state index contributed by atoms with van der Waals surface area (Å²) in [7, 11) is 1.53. The van der Waals surface area contributed by atoms with Crippen LogP contribution in [0.25, 0.3) is 0 Å². The van der Waals surface area contributed by atoms with E-state index < -0.39 is 35.4 Å². The molecule has 1 aliphatic heterocycles. The summed E-state index contributed by atoms with van der Waals surface area (Å²) < 4.78 is 48.0. The Bertz CT molecular complexity index is 1250. The number of ether oxygens (including phenoxy) is 1. The van der Waals surface area contributed by atoms with E-state index in [1.54, 1.807) is 30.0 Å². The fraction of sp³-hybridized carbons (Fsp3) is 0.292. The Labute approximate surface area is 198 Å². The minimum absolute atomic E-state index is 0.0641. The van der Waals surface area contributed by atoms with Gasteiger partial charge in [-0.05, 0) is 42.3 Å². The van der Waals surface area contributed by atoms with Crippen molar-refractivity contribution in [2.45, 2.75) is 32.2 Å². The number of carbonyl (C=O) groups is 2. The van der Waals surface area contributed by atoms with Crippen molar-refractivity contribution in [1.82, 2.24) is 15.1 Å². The van der Waals surface area contributed by atoms with Gasteiger partial charge in [-0.2, -0.15) is 18.3 Å². The number of aromatic nitrogens is 2. The third-order valence-corrected chi connectivity index (χ3v) is 5.82. The van der Waals surface area contributed by atoms with Crippen molar-refractivity contribution in [3.05, 3.63) is 76.5 Å². The van der Waals surface area contributed by atoms with Crippen LogP contribution in [0.15, 0.2) is 48.5 Å². The first-order valence-electron chi connectivity index (χ1n) is 10.8. The highest BCUT2D eigenvalue weighted by molar-refractivity contribution is 6.01. The average Bonchev–Trinajstić information content (AvgIpc) is 3.39. The number of nitrogens with zero attached hydrogens (tertiary/aromatic N) is 3. The number of carboxylic acids is 1. The molecule has 35 heavy (non-hydrogen) atoms. The van der Waals surface area contributed by atoms with Crippen molar-refractivity contribution in [1.29, 1.82) is 0 Å². The lowest BCUT2D eigenvalue weighted by atomic mass is 10.1. The maximum Gasteiger partial charge on any atom is 0.436 e. The Morgan fingerprint density at radius 2 is 1.89 bits per heavy atom. The molecule has 0 saturated carbocycles. The van der Waals surface area contributed by atoms with Crippen molar-refractivity contribution < 1.29 is 32.6 Å². The van der Waals surface area contributed by atoms with Crippen molar-refractivity contribution in [3.8, 4) is 5.75 Å². The minimum Gasteiger partial charge on any atom is -0.497 e. The number of carboxylic acid groups (broad SMARTS) is 1. The SMILES string of the molecule is COc1cccc(CN2CCn3nc(C(F)(F)F)c(C(=O)N[C@@H](C)c4ccc(C(=O)O)cc4)c32)c1. The van der Waals surface area contributed by atoms with Gasteiger partial charge in [0.25, 0.3) is 5.91 Å². The number of nitrogens with one attached hydrogen (secondary N) is 1. The van der Waals surface area contributed by atoms with Gasteiger partial charge >= 0.3 is 12.1 Å². The van der Waals surface area contributed by atoms with Crippen LogP contribution in [0.1, 0.15) is 50.5 Å². The summed E-state index contributed by atoms with van der Waals surface area (Å²) in [6.45, 7) is 2.48. The molecule has 3 aromatic rings. The van der Waals surface area contributed by atoms with Crippen LogP contribution >= 0.6 is 0 Å². The molecular formula is C24H23F3N4O4. The highest BCUT2D eigenvalue weighted by Gasteiger charge is 2.44. The molecule has 4 rings (SSSR count). The van der Waals surface area contributed by atoms with Crippen LogP contribution in [0.4, 0.5) is 19.0 Å². The van der Waals surface area contributed by atoms with Crippen LogP contribution in [0, 0.1) is 0 Å². The maximum atomic E-state index is 13.8. The number of alkyl halides is 3. The number of halogens is 3. The fourth-order valence-corrected chi connectivity index (χ4v) is 4.07. The Hall–Kier alpha value is -4.02. The van der Waals surface area contributed by atoms with E-state index in [0.29, 0.717) is 17.9 Å². The quantitative estimate of drug-likeness (QED) is 0.520. The van der Waals surface area contributed by atoms with Crippen molar-refractivity contribution >= 4 is 17.7 Å². The zero-order valence-corrected chi connectivity index (χ0v) is 19.0. The molecule has 1 amide bonds. The average molecular weight is 488 g/mol. The molecule has 0 saturated heterocycles. The molecule has 1 aromatic heterocycles. The van der Waals surface area contributed by atoms with Crippen LogP contribution in [-0.2, 0) is 19.3 Å². The lowest BCUT2D eigenvalue weighted by molar-refractivity contribution is -0.141. The van der Waals surface area contributed by atoms with Crippen molar-refractivity contribution in [2.75, 3.05) is 18.6 Å². The zero-order chi connectivity index (χ0) is 25.3. The molecule has 2 aromatic carbocycles. The van der Waals surface area contributed by atoms with Crippen LogP contribution < -0.4 is 15.0 Å². The molecule has 11 heteroatoms. The summed E-state index contributed by atoms with van der Waals surface area (Å²) in [5.74, 6) is -1.29. The lowest BCUT2D eigenvalue weighted by Crippen LogP contribution is -2.31. The van der Waals surface area contributed by atoms with Gasteiger partial charge in [0.2, 0.25) is 0 Å². The van der Waals surface area contributed by atoms with Crippen molar-refractivity contribution in [2.24, 2.45) is 0 Å². The molecule has 184 valence electrons.